The van der Waals surface area contributed by atoms with Crippen LogP contribution in [0.3, 0.4) is 0 Å². The lowest BCUT2D eigenvalue weighted by Crippen LogP contribution is -2.33. The Morgan fingerprint density at radius 1 is 1.38 bits per heavy atom. The van der Waals surface area contributed by atoms with E-state index < -0.39 is 5.41 Å². The van der Waals surface area contributed by atoms with Gasteiger partial charge in [0.15, 0.2) is 0 Å². The van der Waals surface area contributed by atoms with Gasteiger partial charge in [-0.15, -0.1) is 0 Å². The van der Waals surface area contributed by atoms with Crippen molar-refractivity contribution in [3.63, 3.8) is 0 Å². The predicted molar refractivity (Wildman–Crippen MR) is 65.6 cm³/mol. The van der Waals surface area contributed by atoms with Crippen LogP contribution in [0.4, 0.5) is 5.69 Å². The molecular formula is C13H18N2O. The van der Waals surface area contributed by atoms with Gasteiger partial charge in [0.2, 0.25) is 5.91 Å². The van der Waals surface area contributed by atoms with Crippen molar-refractivity contribution in [2.45, 2.75) is 25.7 Å². The fourth-order valence-electron chi connectivity index (χ4n) is 2.34. The summed E-state index contributed by atoms with van der Waals surface area (Å²) in [5.41, 5.74) is 8.49. The van der Waals surface area contributed by atoms with Crippen molar-refractivity contribution in [1.29, 1.82) is 0 Å². The van der Waals surface area contributed by atoms with E-state index in [9.17, 15) is 4.79 Å². The fourth-order valence-corrected chi connectivity index (χ4v) is 2.34. The maximum absolute atomic E-state index is 12.1. The molecule has 0 unspecified atom stereocenters. The number of anilines is 1. The lowest BCUT2D eigenvalue weighted by Gasteiger charge is -2.16. The zero-order valence-electron chi connectivity index (χ0n) is 10.1. The molecule has 3 heteroatoms. The number of hydrogen-bond donors (Lipinski definition) is 1. The quantitative estimate of drug-likeness (QED) is 0.816. The minimum atomic E-state index is -0.408. The summed E-state index contributed by atoms with van der Waals surface area (Å²) >= 11 is 0. The molecule has 86 valence electrons. The van der Waals surface area contributed by atoms with Gasteiger partial charge in [-0.1, -0.05) is 12.1 Å². The Bertz CT molecular complexity index is 438. The van der Waals surface area contributed by atoms with Crippen molar-refractivity contribution in [1.82, 2.24) is 0 Å². The highest BCUT2D eigenvalue weighted by Crippen LogP contribution is 2.40. The summed E-state index contributed by atoms with van der Waals surface area (Å²) in [7, 11) is 1.83. The van der Waals surface area contributed by atoms with Crippen LogP contribution in [0.1, 0.15) is 25.0 Å². The number of nitrogens with zero attached hydrogens (tertiary/aromatic N) is 1. The smallest absolute Gasteiger partial charge is 0.236 e. The van der Waals surface area contributed by atoms with E-state index in [2.05, 4.69) is 12.1 Å². The fraction of sp³-hybridized carbons (Fsp3) is 0.462. The average Bonchev–Trinajstić information content (AvgIpc) is 2.42. The van der Waals surface area contributed by atoms with Crippen LogP contribution in [0, 0.1) is 0 Å². The predicted octanol–water partition coefficient (Wildman–Crippen LogP) is 1.44. The molecule has 0 aromatic heterocycles. The van der Waals surface area contributed by atoms with Gasteiger partial charge >= 0.3 is 0 Å². The highest BCUT2D eigenvalue weighted by atomic mass is 16.2. The highest BCUT2D eigenvalue weighted by Gasteiger charge is 2.41. The summed E-state index contributed by atoms with van der Waals surface area (Å²) in [5, 5.41) is 0. The van der Waals surface area contributed by atoms with Crippen LogP contribution in [0.15, 0.2) is 18.2 Å². The van der Waals surface area contributed by atoms with E-state index in [1.165, 1.54) is 5.56 Å². The number of hydrogen-bond acceptors (Lipinski definition) is 2. The first kappa shape index (κ1) is 11.1. The van der Waals surface area contributed by atoms with E-state index in [1.807, 2.05) is 27.0 Å². The Hall–Kier alpha value is -1.35. The van der Waals surface area contributed by atoms with Crippen molar-refractivity contribution in [3.05, 3.63) is 29.3 Å². The molecule has 1 heterocycles. The van der Waals surface area contributed by atoms with Crippen molar-refractivity contribution in [3.8, 4) is 0 Å². The summed E-state index contributed by atoms with van der Waals surface area (Å²) in [6.45, 7) is 4.59. The van der Waals surface area contributed by atoms with Gasteiger partial charge in [0, 0.05) is 12.7 Å². The molecule has 3 nitrogen and oxygen atoms in total. The topological polar surface area (TPSA) is 46.3 Å². The first-order chi connectivity index (χ1) is 7.48. The summed E-state index contributed by atoms with van der Waals surface area (Å²) in [6, 6.07) is 6.19. The number of rotatable bonds is 2. The average molecular weight is 218 g/mol. The molecule has 2 N–H and O–H groups in total. The van der Waals surface area contributed by atoms with Crippen LogP contribution in [0.5, 0.6) is 0 Å². The molecule has 0 radical (unpaired) electrons. The molecule has 0 spiro atoms. The van der Waals surface area contributed by atoms with Crippen LogP contribution >= 0.6 is 0 Å². The molecule has 1 aliphatic rings. The van der Waals surface area contributed by atoms with Gasteiger partial charge in [-0.05, 0) is 44.0 Å². The summed E-state index contributed by atoms with van der Waals surface area (Å²) in [4.78, 5) is 13.8. The molecule has 1 amide bonds. The van der Waals surface area contributed by atoms with Gasteiger partial charge in [-0.25, -0.2) is 0 Å². The van der Waals surface area contributed by atoms with E-state index in [0.29, 0.717) is 6.54 Å². The maximum atomic E-state index is 12.1. The van der Waals surface area contributed by atoms with Crippen LogP contribution in [-0.4, -0.2) is 19.5 Å². The lowest BCUT2D eigenvalue weighted by atomic mass is 9.85. The first-order valence-corrected chi connectivity index (χ1v) is 5.60. The Morgan fingerprint density at radius 2 is 2.06 bits per heavy atom. The highest BCUT2D eigenvalue weighted by molar-refractivity contribution is 6.07. The molecule has 0 atom stereocenters. The number of carbonyl (C=O) groups is 1. The molecule has 16 heavy (non-hydrogen) atoms. The number of benzene rings is 1. The second kappa shape index (κ2) is 3.59. The maximum Gasteiger partial charge on any atom is 0.236 e. The second-order valence-electron chi connectivity index (χ2n) is 4.88. The number of carbonyl (C=O) groups excluding carboxylic acids is 1. The second-order valence-corrected chi connectivity index (χ2v) is 4.88. The third-order valence-electron chi connectivity index (χ3n) is 3.37. The summed E-state index contributed by atoms with van der Waals surface area (Å²) in [6.07, 6.45) is 0.862. The standard InChI is InChI=1S/C13H18N2O/c1-13(2)10-8-9(6-7-14)4-5-11(10)15(3)12(13)16/h4-5,8H,6-7,14H2,1-3H3. The SMILES string of the molecule is CN1C(=O)C(C)(C)c2cc(CCN)ccc21. The van der Waals surface area contributed by atoms with Crippen LogP contribution in [0.25, 0.3) is 0 Å². The summed E-state index contributed by atoms with van der Waals surface area (Å²) < 4.78 is 0. The van der Waals surface area contributed by atoms with Crippen molar-refractivity contribution < 1.29 is 4.79 Å². The van der Waals surface area contributed by atoms with Gasteiger partial charge in [-0.2, -0.15) is 0 Å². The van der Waals surface area contributed by atoms with Crippen LogP contribution in [-0.2, 0) is 16.6 Å². The number of fused-ring (bicyclic) bond motifs is 1. The van der Waals surface area contributed by atoms with Crippen LogP contribution < -0.4 is 10.6 Å². The third-order valence-corrected chi connectivity index (χ3v) is 3.37. The Labute approximate surface area is 96.2 Å². The zero-order chi connectivity index (χ0) is 11.9. The minimum Gasteiger partial charge on any atom is -0.330 e. The molecule has 0 fully saturated rings. The van der Waals surface area contributed by atoms with E-state index in [1.54, 1.807) is 4.90 Å². The van der Waals surface area contributed by atoms with Crippen molar-refractivity contribution in [2.75, 3.05) is 18.5 Å². The molecule has 1 aliphatic heterocycles. The summed E-state index contributed by atoms with van der Waals surface area (Å²) in [5.74, 6) is 0.160. The van der Waals surface area contributed by atoms with Gasteiger partial charge in [0.25, 0.3) is 0 Å². The minimum absolute atomic E-state index is 0.160. The third kappa shape index (κ3) is 1.43. The Morgan fingerprint density at radius 3 is 2.69 bits per heavy atom. The van der Waals surface area contributed by atoms with Gasteiger partial charge in [0.05, 0.1) is 5.41 Å². The zero-order valence-corrected chi connectivity index (χ0v) is 10.1. The lowest BCUT2D eigenvalue weighted by molar-refractivity contribution is -0.121. The number of likely N-dealkylation sites (N-methyl/N-ethyl adjacent to an activating group) is 1. The molecule has 1 aromatic carbocycles. The first-order valence-electron chi connectivity index (χ1n) is 5.60. The van der Waals surface area contributed by atoms with Gasteiger partial charge < -0.3 is 10.6 Å². The Kier molecular flexibility index (Phi) is 2.50. The van der Waals surface area contributed by atoms with Crippen LogP contribution in [0.2, 0.25) is 0 Å². The number of amides is 1. The molecule has 2 rings (SSSR count). The van der Waals surface area contributed by atoms with Crippen molar-refractivity contribution in [2.24, 2.45) is 5.73 Å². The monoisotopic (exact) mass is 218 g/mol. The van der Waals surface area contributed by atoms with E-state index in [0.717, 1.165) is 17.7 Å². The van der Waals surface area contributed by atoms with E-state index in [4.69, 9.17) is 5.73 Å². The van der Waals surface area contributed by atoms with Gasteiger partial charge in [0.1, 0.15) is 0 Å². The van der Waals surface area contributed by atoms with Crippen molar-refractivity contribution >= 4 is 11.6 Å². The van der Waals surface area contributed by atoms with E-state index >= 15 is 0 Å². The molecule has 0 aliphatic carbocycles. The van der Waals surface area contributed by atoms with E-state index in [-0.39, 0.29) is 5.91 Å². The largest absolute Gasteiger partial charge is 0.330 e. The van der Waals surface area contributed by atoms with Gasteiger partial charge in [-0.3, -0.25) is 4.79 Å². The molecule has 0 bridgehead atoms. The molecular weight excluding hydrogens is 200 g/mol. The molecule has 1 aromatic rings. The normalized spacial score (nSPS) is 17.8. The Balaban J connectivity index is 2.52. The molecule has 0 saturated carbocycles. The number of nitrogens with two attached hydrogens (primary N) is 1. The molecule has 0 saturated heterocycles.